The molecule has 19 heavy (non-hydrogen) atoms. The largest absolute Gasteiger partial charge is 0.384 e. The number of fused-ring (bicyclic) bond motifs is 1. The van der Waals surface area contributed by atoms with Gasteiger partial charge in [-0.2, -0.15) is 0 Å². The van der Waals surface area contributed by atoms with E-state index in [0.29, 0.717) is 10.6 Å². The van der Waals surface area contributed by atoms with E-state index in [-0.39, 0.29) is 0 Å². The third kappa shape index (κ3) is 2.15. The number of hydrogen-bond donors (Lipinski definition) is 1. The zero-order chi connectivity index (χ0) is 13.4. The van der Waals surface area contributed by atoms with Gasteiger partial charge in [0.1, 0.15) is 5.82 Å². The minimum atomic E-state index is 0.457. The van der Waals surface area contributed by atoms with E-state index < -0.39 is 0 Å². The molecule has 0 amide bonds. The Kier molecular flexibility index (Phi) is 3.08. The molecule has 0 aliphatic heterocycles. The van der Waals surface area contributed by atoms with Crippen LogP contribution in [0.5, 0.6) is 0 Å². The predicted molar refractivity (Wildman–Crippen MR) is 84.0 cm³/mol. The Morgan fingerprint density at radius 1 is 1.05 bits per heavy atom. The molecule has 0 aliphatic rings. The average molecular weight is 332 g/mol. The summed E-state index contributed by atoms with van der Waals surface area (Å²) in [6.45, 7) is 0. The Hall–Kier alpha value is -1.72. The molecule has 0 spiro atoms. The highest BCUT2D eigenvalue weighted by Crippen LogP contribution is 2.23. The highest BCUT2D eigenvalue weighted by atomic mass is 79.9. The molecule has 0 aliphatic carbocycles. The third-order valence-electron chi connectivity index (χ3n) is 2.91. The van der Waals surface area contributed by atoms with Crippen molar-refractivity contribution in [2.75, 3.05) is 5.73 Å². The minimum Gasteiger partial charge on any atom is -0.384 e. The lowest BCUT2D eigenvalue weighted by Crippen LogP contribution is -2.07. The average Bonchev–Trinajstić information content (AvgIpc) is 2.41. The number of nitrogens with zero attached hydrogens (tertiary/aromatic N) is 2. The summed E-state index contributed by atoms with van der Waals surface area (Å²) in [4.78, 5) is 4.42. The molecule has 5 heteroatoms. The van der Waals surface area contributed by atoms with Crippen LogP contribution >= 0.6 is 28.1 Å². The van der Waals surface area contributed by atoms with E-state index in [1.54, 1.807) is 4.57 Å². The van der Waals surface area contributed by atoms with E-state index in [2.05, 4.69) is 20.9 Å². The van der Waals surface area contributed by atoms with Gasteiger partial charge in [0.05, 0.1) is 5.52 Å². The zero-order valence-electron chi connectivity index (χ0n) is 9.88. The summed E-state index contributed by atoms with van der Waals surface area (Å²) in [7, 11) is 0. The van der Waals surface area contributed by atoms with Crippen LogP contribution in [0.4, 0.5) is 5.82 Å². The second-order valence-electron chi connectivity index (χ2n) is 4.11. The molecule has 0 fully saturated rings. The van der Waals surface area contributed by atoms with Crippen molar-refractivity contribution in [2.45, 2.75) is 0 Å². The smallest absolute Gasteiger partial charge is 0.206 e. The molecule has 0 unspecified atom stereocenters. The molecular formula is C14H10BrN3S. The number of rotatable bonds is 1. The fraction of sp³-hybridized carbons (Fsp3) is 0. The topological polar surface area (TPSA) is 43.8 Å². The van der Waals surface area contributed by atoms with E-state index in [1.165, 1.54) is 0 Å². The molecule has 0 atom stereocenters. The van der Waals surface area contributed by atoms with Crippen LogP contribution < -0.4 is 5.73 Å². The van der Waals surface area contributed by atoms with Gasteiger partial charge in [-0.1, -0.05) is 28.1 Å². The Bertz CT molecular complexity index is 809. The number of halogens is 1. The normalized spacial score (nSPS) is 10.8. The second kappa shape index (κ2) is 4.75. The van der Waals surface area contributed by atoms with Gasteiger partial charge in [0.25, 0.3) is 0 Å². The number of anilines is 1. The van der Waals surface area contributed by atoms with Crippen molar-refractivity contribution >= 4 is 44.9 Å². The Morgan fingerprint density at radius 2 is 1.74 bits per heavy atom. The van der Waals surface area contributed by atoms with Crippen molar-refractivity contribution in [2.24, 2.45) is 0 Å². The molecule has 0 bridgehead atoms. The van der Waals surface area contributed by atoms with Gasteiger partial charge in [-0.25, -0.2) is 4.98 Å². The Morgan fingerprint density at radius 3 is 2.47 bits per heavy atom. The molecule has 0 saturated carbocycles. The van der Waals surface area contributed by atoms with Gasteiger partial charge in [-0.3, -0.25) is 4.57 Å². The zero-order valence-corrected chi connectivity index (χ0v) is 12.3. The fourth-order valence-electron chi connectivity index (χ4n) is 2.00. The first-order valence-corrected chi connectivity index (χ1v) is 6.90. The molecule has 2 N–H and O–H groups in total. The maximum atomic E-state index is 6.23. The molecule has 1 heterocycles. The van der Waals surface area contributed by atoms with E-state index in [4.69, 9.17) is 18.0 Å². The number of hydrogen-bond acceptors (Lipinski definition) is 3. The molecule has 0 saturated heterocycles. The summed E-state index contributed by atoms with van der Waals surface area (Å²) in [6, 6.07) is 15.5. The number of benzene rings is 2. The predicted octanol–water partition coefficient (Wildman–Crippen LogP) is 4.10. The molecule has 2 aromatic carbocycles. The van der Waals surface area contributed by atoms with Gasteiger partial charge in [-0.05, 0) is 48.6 Å². The highest BCUT2D eigenvalue weighted by molar-refractivity contribution is 9.10. The van der Waals surface area contributed by atoms with Gasteiger partial charge in [0, 0.05) is 15.5 Å². The first-order chi connectivity index (χ1) is 9.16. The quantitative estimate of drug-likeness (QED) is 0.682. The van der Waals surface area contributed by atoms with Crippen molar-refractivity contribution in [1.82, 2.24) is 9.55 Å². The maximum Gasteiger partial charge on any atom is 0.206 e. The van der Waals surface area contributed by atoms with Crippen LogP contribution in [0.25, 0.3) is 16.6 Å². The van der Waals surface area contributed by atoms with Gasteiger partial charge >= 0.3 is 0 Å². The summed E-state index contributed by atoms with van der Waals surface area (Å²) >= 11 is 8.75. The molecule has 3 aromatic rings. The van der Waals surface area contributed by atoms with Crippen molar-refractivity contribution in [3.05, 3.63) is 57.8 Å². The lowest BCUT2D eigenvalue weighted by molar-refractivity contribution is 0.994. The van der Waals surface area contributed by atoms with Crippen LogP contribution in [0.2, 0.25) is 0 Å². The van der Waals surface area contributed by atoms with Crippen molar-refractivity contribution in [3.8, 4) is 5.69 Å². The maximum absolute atomic E-state index is 6.23. The van der Waals surface area contributed by atoms with Crippen LogP contribution in [-0.2, 0) is 0 Å². The summed E-state index contributed by atoms with van der Waals surface area (Å²) < 4.78 is 3.25. The molecule has 0 radical (unpaired) electrons. The molecule has 3 nitrogen and oxygen atoms in total. The molecule has 3 rings (SSSR count). The summed E-state index contributed by atoms with van der Waals surface area (Å²) in [5.41, 5.74) is 7.96. The van der Waals surface area contributed by atoms with Crippen LogP contribution in [0.1, 0.15) is 0 Å². The van der Waals surface area contributed by atoms with E-state index in [9.17, 15) is 0 Å². The lowest BCUT2D eigenvalue weighted by Gasteiger charge is -2.12. The molecular weight excluding hydrogens is 322 g/mol. The summed E-state index contributed by atoms with van der Waals surface area (Å²) in [6.07, 6.45) is 0. The van der Waals surface area contributed by atoms with Gasteiger partial charge in [0.15, 0.2) is 0 Å². The molecule has 1 aromatic heterocycles. The third-order valence-corrected chi connectivity index (χ3v) is 3.72. The Balaban J connectivity index is 2.35. The van der Waals surface area contributed by atoms with E-state index in [0.717, 1.165) is 21.1 Å². The van der Waals surface area contributed by atoms with Gasteiger partial charge in [-0.15, -0.1) is 0 Å². The monoisotopic (exact) mass is 331 g/mol. The number of nitrogen functional groups attached to an aromatic ring is 1. The summed E-state index contributed by atoms with van der Waals surface area (Å²) in [5, 5.41) is 0.902. The fourth-order valence-corrected chi connectivity index (χ4v) is 2.57. The lowest BCUT2D eigenvalue weighted by atomic mass is 10.2. The first kappa shape index (κ1) is 12.3. The minimum absolute atomic E-state index is 0.457. The van der Waals surface area contributed by atoms with E-state index >= 15 is 0 Å². The van der Waals surface area contributed by atoms with Gasteiger partial charge in [0.2, 0.25) is 4.77 Å². The van der Waals surface area contributed by atoms with Gasteiger partial charge < -0.3 is 5.73 Å². The van der Waals surface area contributed by atoms with Crippen LogP contribution in [-0.4, -0.2) is 9.55 Å². The van der Waals surface area contributed by atoms with Crippen LogP contribution in [0.3, 0.4) is 0 Å². The van der Waals surface area contributed by atoms with Crippen LogP contribution in [0, 0.1) is 4.77 Å². The standard InChI is InChI=1S/C14H10BrN3S/c15-9-5-7-10(8-6-9)18-13(16)11-3-1-2-4-12(11)17-14(18)19/h1-8H,16H2. The SMILES string of the molecule is Nc1c2ccccc2nc(=S)n1-c1ccc(Br)cc1. The number of nitrogens with two attached hydrogens (primary N) is 1. The van der Waals surface area contributed by atoms with Crippen molar-refractivity contribution in [3.63, 3.8) is 0 Å². The van der Waals surface area contributed by atoms with E-state index in [1.807, 2.05) is 48.5 Å². The number of aromatic nitrogens is 2. The number of para-hydroxylation sites is 1. The Labute approximate surface area is 123 Å². The first-order valence-electron chi connectivity index (χ1n) is 5.70. The summed E-state index contributed by atoms with van der Waals surface area (Å²) in [5.74, 6) is 0.609. The van der Waals surface area contributed by atoms with Crippen molar-refractivity contribution < 1.29 is 0 Å². The highest BCUT2D eigenvalue weighted by Gasteiger charge is 2.07. The van der Waals surface area contributed by atoms with Crippen LogP contribution in [0.15, 0.2) is 53.0 Å². The molecule has 94 valence electrons. The second-order valence-corrected chi connectivity index (χ2v) is 5.39. The van der Waals surface area contributed by atoms with Crippen molar-refractivity contribution in [1.29, 1.82) is 0 Å².